The van der Waals surface area contributed by atoms with Gasteiger partial charge >= 0.3 is 0 Å². The molecule has 0 aromatic carbocycles. The summed E-state index contributed by atoms with van der Waals surface area (Å²) >= 11 is 0. The fourth-order valence-electron chi connectivity index (χ4n) is 1.47. The minimum atomic E-state index is -0.163. The Morgan fingerprint density at radius 1 is 1.09 bits per heavy atom. The first kappa shape index (κ1) is 7.49. The Morgan fingerprint density at radius 3 is 2.82 bits per heavy atom. The van der Waals surface area contributed by atoms with E-state index in [0.29, 0.717) is 19.8 Å². The highest BCUT2D eigenvalue weighted by Gasteiger charge is 2.33. The topological polar surface area (TPSA) is 53.7 Å². The summed E-state index contributed by atoms with van der Waals surface area (Å²) in [5, 5.41) is 0. The number of rotatable bonds is 0. The maximum absolute atomic E-state index is 5.68. The molecule has 64 valence electrons. The predicted molar refractivity (Wildman–Crippen MR) is 38.0 cm³/mol. The van der Waals surface area contributed by atoms with Crippen molar-refractivity contribution in [3.8, 4) is 0 Å². The number of nitrogens with two attached hydrogens (primary N) is 1. The number of ether oxygens (including phenoxy) is 3. The van der Waals surface area contributed by atoms with Crippen LogP contribution in [0.3, 0.4) is 0 Å². The third-order valence-electron chi connectivity index (χ3n) is 2.01. The smallest absolute Gasteiger partial charge is 0.183 e. The first-order chi connectivity index (χ1) is 5.36. The van der Waals surface area contributed by atoms with Crippen LogP contribution < -0.4 is 5.73 Å². The maximum Gasteiger partial charge on any atom is 0.183 e. The van der Waals surface area contributed by atoms with Crippen LogP contribution in [0, 0.1) is 0 Å². The van der Waals surface area contributed by atoms with Crippen LogP contribution in [0.4, 0.5) is 0 Å². The van der Waals surface area contributed by atoms with E-state index in [1.54, 1.807) is 0 Å². The van der Waals surface area contributed by atoms with Crippen molar-refractivity contribution in [3.05, 3.63) is 0 Å². The maximum atomic E-state index is 5.68. The average Bonchev–Trinajstić information content (AvgIpc) is 2.04. The van der Waals surface area contributed by atoms with Crippen molar-refractivity contribution in [3.63, 3.8) is 0 Å². The zero-order valence-electron chi connectivity index (χ0n) is 6.36. The molecule has 11 heavy (non-hydrogen) atoms. The predicted octanol–water partition coefficient (Wildman–Crippen LogP) is -0.524. The van der Waals surface area contributed by atoms with Gasteiger partial charge in [-0.05, 0) is 6.42 Å². The lowest BCUT2D eigenvalue weighted by Crippen LogP contribution is -2.50. The molecule has 2 saturated heterocycles. The summed E-state index contributed by atoms with van der Waals surface area (Å²) in [6.45, 7) is 1.89. The molecular weight excluding hydrogens is 146 g/mol. The lowest BCUT2D eigenvalue weighted by molar-refractivity contribution is -0.268. The van der Waals surface area contributed by atoms with E-state index in [1.165, 1.54) is 0 Å². The van der Waals surface area contributed by atoms with E-state index in [2.05, 4.69) is 0 Å². The summed E-state index contributed by atoms with van der Waals surface area (Å²) in [4.78, 5) is 0. The van der Waals surface area contributed by atoms with Crippen LogP contribution in [0.15, 0.2) is 0 Å². The van der Waals surface area contributed by atoms with Gasteiger partial charge < -0.3 is 19.9 Å². The monoisotopic (exact) mass is 159 g/mol. The van der Waals surface area contributed by atoms with E-state index >= 15 is 0 Å². The fraction of sp³-hybridized carbons (Fsp3) is 1.00. The van der Waals surface area contributed by atoms with Crippen molar-refractivity contribution in [1.82, 2.24) is 0 Å². The van der Waals surface area contributed by atoms with Crippen LogP contribution >= 0.6 is 0 Å². The zero-order valence-corrected chi connectivity index (χ0v) is 6.36. The molecule has 4 heteroatoms. The van der Waals surface area contributed by atoms with Gasteiger partial charge in [-0.1, -0.05) is 0 Å². The minimum Gasteiger partial charge on any atom is -0.370 e. The molecule has 0 aliphatic carbocycles. The number of hydrogen-bond acceptors (Lipinski definition) is 4. The fourth-order valence-corrected chi connectivity index (χ4v) is 1.47. The molecule has 0 radical (unpaired) electrons. The molecule has 4 nitrogen and oxygen atoms in total. The largest absolute Gasteiger partial charge is 0.370 e. The zero-order chi connectivity index (χ0) is 7.68. The molecule has 0 unspecified atom stereocenters. The van der Waals surface area contributed by atoms with Crippen LogP contribution in [-0.2, 0) is 14.2 Å². The standard InChI is InChI=1S/C7H13NO3/c8-5-3-6-7(11-4-5)10-2-1-9-6/h5-7H,1-4,8H2/t5-,6+,7-/m1/s1. The van der Waals surface area contributed by atoms with Gasteiger partial charge in [-0.2, -0.15) is 0 Å². The van der Waals surface area contributed by atoms with Crippen LogP contribution in [-0.4, -0.2) is 38.3 Å². The van der Waals surface area contributed by atoms with Gasteiger partial charge in [0.15, 0.2) is 6.29 Å². The van der Waals surface area contributed by atoms with Gasteiger partial charge in [-0.3, -0.25) is 0 Å². The van der Waals surface area contributed by atoms with E-state index < -0.39 is 0 Å². The summed E-state index contributed by atoms with van der Waals surface area (Å²) in [7, 11) is 0. The molecule has 3 atom stereocenters. The van der Waals surface area contributed by atoms with Gasteiger partial charge in [-0.25, -0.2) is 0 Å². The van der Waals surface area contributed by atoms with Crippen molar-refractivity contribution in [2.75, 3.05) is 19.8 Å². The Morgan fingerprint density at radius 2 is 1.91 bits per heavy atom. The molecule has 2 aliphatic heterocycles. The highest BCUT2D eigenvalue weighted by molar-refractivity contribution is 4.78. The van der Waals surface area contributed by atoms with E-state index in [-0.39, 0.29) is 18.4 Å². The molecule has 2 heterocycles. The van der Waals surface area contributed by atoms with E-state index in [9.17, 15) is 0 Å². The van der Waals surface area contributed by atoms with Gasteiger partial charge in [0.1, 0.15) is 6.10 Å². The minimum absolute atomic E-state index is 0.0625. The first-order valence-corrected chi connectivity index (χ1v) is 3.96. The van der Waals surface area contributed by atoms with Gasteiger partial charge in [0.25, 0.3) is 0 Å². The SMILES string of the molecule is N[C@H]1CO[C@H]2OCCO[C@H]2C1. The third-order valence-corrected chi connectivity index (χ3v) is 2.01. The summed E-state index contributed by atoms with van der Waals surface area (Å²) < 4.78 is 16.1. The molecule has 0 saturated carbocycles. The number of hydrogen-bond donors (Lipinski definition) is 1. The van der Waals surface area contributed by atoms with E-state index in [1.807, 2.05) is 0 Å². The molecule has 0 aromatic rings. The molecule has 0 spiro atoms. The Balaban J connectivity index is 1.93. The second-order valence-electron chi connectivity index (χ2n) is 2.98. The lowest BCUT2D eigenvalue weighted by atomic mass is 10.1. The van der Waals surface area contributed by atoms with Crippen molar-refractivity contribution < 1.29 is 14.2 Å². The average molecular weight is 159 g/mol. The molecule has 0 aromatic heterocycles. The molecule has 2 fully saturated rings. The van der Waals surface area contributed by atoms with Crippen molar-refractivity contribution in [2.24, 2.45) is 5.73 Å². The van der Waals surface area contributed by atoms with Crippen LogP contribution in [0.2, 0.25) is 0 Å². The molecule has 2 rings (SSSR count). The summed E-state index contributed by atoms with van der Waals surface area (Å²) in [6, 6.07) is 0.109. The summed E-state index contributed by atoms with van der Waals surface area (Å²) in [6.07, 6.45) is 0.751. The van der Waals surface area contributed by atoms with E-state index in [0.717, 1.165) is 6.42 Å². The Hall–Kier alpha value is -0.160. The van der Waals surface area contributed by atoms with Crippen LogP contribution in [0.25, 0.3) is 0 Å². The first-order valence-electron chi connectivity index (χ1n) is 3.96. The van der Waals surface area contributed by atoms with Gasteiger partial charge in [-0.15, -0.1) is 0 Å². The van der Waals surface area contributed by atoms with E-state index in [4.69, 9.17) is 19.9 Å². The third kappa shape index (κ3) is 1.54. The van der Waals surface area contributed by atoms with Gasteiger partial charge in [0, 0.05) is 6.04 Å². The summed E-state index contributed by atoms with van der Waals surface area (Å²) in [5.74, 6) is 0. The molecule has 0 bridgehead atoms. The second kappa shape index (κ2) is 3.06. The van der Waals surface area contributed by atoms with Crippen molar-refractivity contribution in [2.45, 2.75) is 24.9 Å². The normalized spacial score (nSPS) is 45.0. The van der Waals surface area contributed by atoms with Gasteiger partial charge in [0.05, 0.1) is 19.8 Å². The molecular formula is C7H13NO3. The molecule has 0 amide bonds. The molecule has 2 aliphatic rings. The summed E-state index contributed by atoms with van der Waals surface area (Å²) in [5.41, 5.74) is 5.68. The van der Waals surface area contributed by atoms with Crippen LogP contribution in [0.1, 0.15) is 6.42 Å². The quantitative estimate of drug-likeness (QED) is 0.516. The lowest BCUT2D eigenvalue weighted by Gasteiger charge is -2.37. The van der Waals surface area contributed by atoms with Crippen LogP contribution in [0.5, 0.6) is 0 Å². The Kier molecular flexibility index (Phi) is 2.09. The Bertz CT molecular complexity index is 142. The van der Waals surface area contributed by atoms with Gasteiger partial charge in [0.2, 0.25) is 0 Å². The molecule has 2 N–H and O–H groups in total. The highest BCUT2D eigenvalue weighted by atomic mass is 16.7. The highest BCUT2D eigenvalue weighted by Crippen LogP contribution is 2.20. The van der Waals surface area contributed by atoms with Crippen molar-refractivity contribution in [1.29, 1.82) is 0 Å². The number of fused-ring (bicyclic) bond motifs is 1. The Labute approximate surface area is 65.6 Å². The van der Waals surface area contributed by atoms with Crippen molar-refractivity contribution >= 4 is 0 Å². The second-order valence-corrected chi connectivity index (χ2v) is 2.98.